The Morgan fingerprint density at radius 3 is 2.13 bits per heavy atom. The van der Waals surface area contributed by atoms with E-state index < -0.39 is 8.32 Å². The van der Waals surface area contributed by atoms with Gasteiger partial charge in [0.15, 0.2) is 0 Å². The van der Waals surface area contributed by atoms with Crippen LogP contribution in [0.4, 0.5) is 0 Å². The van der Waals surface area contributed by atoms with Gasteiger partial charge in [-0.05, 0) is 18.1 Å². The van der Waals surface area contributed by atoms with Crippen molar-refractivity contribution in [2.45, 2.75) is 38.9 Å². The van der Waals surface area contributed by atoms with E-state index in [4.69, 9.17) is 4.53 Å². The van der Waals surface area contributed by atoms with Crippen molar-refractivity contribution in [3.63, 3.8) is 0 Å². The molecule has 0 N–H and O–H groups in total. The Labute approximate surface area is 93.4 Å². The van der Waals surface area contributed by atoms with Gasteiger partial charge in [0, 0.05) is 14.1 Å². The van der Waals surface area contributed by atoms with Crippen LogP contribution in [0.15, 0.2) is 5.16 Å². The van der Waals surface area contributed by atoms with Crippen molar-refractivity contribution in [3.8, 4) is 0 Å². The third-order valence-corrected chi connectivity index (χ3v) is 6.87. The van der Waals surface area contributed by atoms with E-state index >= 15 is 0 Å². The molecule has 0 fully saturated rings. The number of carbonyl (C=O) groups is 1. The second-order valence-corrected chi connectivity index (χ2v) is 10.0. The maximum absolute atomic E-state index is 11.2. The Bertz CT molecular complexity index is 255. The first kappa shape index (κ1) is 14.2. The Morgan fingerprint density at radius 1 is 1.33 bits per heavy atom. The van der Waals surface area contributed by atoms with Crippen LogP contribution in [0.3, 0.4) is 0 Å². The molecule has 0 aliphatic rings. The summed E-state index contributed by atoms with van der Waals surface area (Å²) in [5.74, 6) is -0.159. The molecule has 5 heteroatoms. The molecule has 0 spiro atoms. The first-order valence-corrected chi connectivity index (χ1v) is 7.91. The summed E-state index contributed by atoms with van der Waals surface area (Å²) in [7, 11) is 1.49. The highest BCUT2D eigenvalue weighted by Gasteiger charge is 2.39. The monoisotopic (exact) mass is 230 g/mol. The molecule has 88 valence electrons. The Balaban J connectivity index is 4.34. The third-order valence-electron chi connectivity index (χ3n) is 2.69. The molecular formula is C10H22N2O2Si. The van der Waals surface area contributed by atoms with Crippen LogP contribution in [-0.4, -0.2) is 39.4 Å². The normalized spacial score (nSPS) is 13.0. The van der Waals surface area contributed by atoms with Gasteiger partial charge in [0.25, 0.3) is 14.2 Å². The van der Waals surface area contributed by atoms with Crippen LogP contribution in [0.2, 0.25) is 18.1 Å². The van der Waals surface area contributed by atoms with Crippen molar-refractivity contribution in [1.82, 2.24) is 4.90 Å². The van der Waals surface area contributed by atoms with Crippen LogP contribution in [0, 0.1) is 0 Å². The summed E-state index contributed by atoms with van der Waals surface area (Å²) < 4.78 is 5.48. The predicted molar refractivity (Wildman–Crippen MR) is 65.5 cm³/mol. The number of amides is 1. The number of carbonyl (C=O) groups excluding carboxylic acids is 1. The first-order chi connectivity index (χ1) is 6.58. The fraction of sp³-hybridized carbons (Fsp3) is 0.800. The van der Waals surface area contributed by atoms with E-state index in [9.17, 15) is 4.79 Å². The highest BCUT2D eigenvalue weighted by Crippen LogP contribution is 2.36. The van der Waals surface area contributed by atoms with Gasteiger partial charge in [0.1, 0.15) is 6.21 Å². The molecule has 0 bridgehead atoms. The minimum atomic E-state index is -1.88. The molecule has 0 aliphatic carbocycles. The highest BCUT2D eigenvalue weighted by molar-refractivity contribution is 6.74. The van der Waals surface area contributed by atoms with Crippen LogP contribution in [0.1, 0.15) is 20.8 Å². The molecule has 0 rings (SSSR count). The zero-order chi connectivity index (χ0) is 12.3. The van der Waals surface area contributed by atoms with Gasteiger partial charge in [0.05, 0.1) is 0 Å². The van der Waals surface area contributed by atoms with E-state index in [0.717, 1.165) is 0 Å². The molecule has 0 radical (unpaired) electrons. The smallest absolute Gasteiger partial charge is 0.286 e. The lowest BCUT2D eigenvalue weighted by atomic mass is 10.2. The average molecular weight is 230 g/mol. The number of oxime groups is 1. The zero-order valence-electron chi connectivity index (χ0n) is 10.8. The van der Waals surface area contributed by atoms with E-state index in [0.29, 0.717) is 0 Å². The second-order valence-electron chi connectivity index (χ2n) is 5.32. The Hall–Kier alpha value is -0.843. The number of hydrogen-bond donors (Lipinski definition) is 0. The summed E-state index contributed by atoms with van der Waals surface area (Å²) in [5, 5.41) is 3.88. The van der Waals surface area contributed by atoms with Crippen molar-refractivity contribution in [3.05, 3.63) is 0 Å². The Kier molecular flexibility index (Phi) is 4.52. The van der Waals surface area contributed by atoms with Gasteiger partial charge in [-0.1, -0.05) is 20.8 Å². The summed E-state index contributed by atoms with van der Waals surface area (Å²) >= 11 is 0. The molecule has 0 saturated heterocycles. The quantitative estimate of drug-likeness (QED) is 0.423. The second kappa shape index (κ2) is 4.79. The minimum Gasteiger partial charge on any atom is -0.455 e. The van der Waals surface area contributed by atoms with Crippen LogP contribution < -0.4 is 0 Å². The SMILES string of the molecule is CN(C)C(=O)/C=N/O[Si](C)(C)C(C)(C)C. The summed E-state index contributed by atoms with van der Waals surface area (Å²) in [6.45, 7) is 10.6. The molecule has 4 nitrogen and oxygen atoms in total. The van der Waals surface area contributed by atoms with E-state index in [1.807, 2.05) is 0 Å². The van der Waals surface area contributed by atoms with Crippen molar-refractivity contribution < 1.29 is 9.32 Å². The number of nitrogens with zero attached hydrogens (tertiary/aromatic N) is 2. The molecule has 0 saturated carbocycles. The molecule has 0 aromatic carbocycles. The van der Waals surface area contributed by atoms with Crippen LogP contribution in [0.5, 0.6) is 0 Å². The van der Waals surface area contributed by atoms with Gasteiger partial charge in [-0.2, -0.15) is 0 Å². The molecule has 0 aromatic rings. The van der Waals surface area contributed by atoms with Gasteiger partial charge in [0.2, 0.25) is 0 Å². The van der Waals surface area contributed by atoms with Crippen LogP contribution in [-0.2, 0) is 9.32 Å². The zero-order valence-corrected chi connectivity index (χ0v) is 11.8. The van der Waals surface area contributed by atoms with E-state index in [2.05, 4.69) is 39.0 Å². The molecule has 15 heavy (non-hydrogen) atoms. The Morgan fingerprint density at radius 2 is 1.80 bits per heavy atom. The molecule has 0 unspecified atom stereocenters. The topological polar surface area (TPSA) is 41.9 Å². The summed E-state index contributed by atoms with van der Waals surface area (Å²) in [6.07, 6.45) is 1.22. The lowest BCUT2D eigenvalue weighted by Crippen LogP contribution is -2.39. The van der Waals surface area contributed by atoms with Gasteiger partial charge < -0.3 is 9.43 Å². The summed E-state index contributed by atoms with van der Waals surface area (Å²) in [5.41, 5.74) is 0. The van der Waals surface area contributed by atoms with Crippen molar-refractivity contribution in [2.75, 3.05) is 14.1 Å². The predicted octanol–water partition coefficient (Wildman–Crippen LogP) is 2.08. The lowest BCUT2D eigenvalue weighted by Gasteiger charge is -2.33. The van der Waals surface area contributed by atoms with Crippen LogP contribution >= 0.6 is 0 Å². The molecule has 1 amide bonds. The molecule has 0 atom stereocenters. The van der Waals surface area contributed by atoms with E-state index in [1.54, 1.807) is 14.1 Å². The van der Waals surface area contributed by atoms with Gasteiger partial charge >= 0.3 is 0 Å². The molecule has 0 heterocycles. The molecule has 0 aliphatic heterocycles. The maximum atomic E-state index is 11.2. The van der Waals surface area contributed by atoms with Gasteiger partial charge in [-0.15, -0.1) is 5.16 Å². The molecule has 0 aromatic heterocycles. The van der Waals surface area contributed by atoms with E-state index in [-0.39, 0.29) is 10.9 Å². The van der Waals surface area contributed by atoms with Crippen molar-refractivity contribution in [1.29, 1.82) is 0 Å². The maximum Gasteiger partial charge on any atom is 0.286 e. The van der Waals surface area contributed by atoms with Crippen molar-refractivity contribution in [2.24, 2.45) is 5.16 Å². The largest absolute Gasteiger partial charge is 0.455 e. The fourth-order valence-corrected chi connectivity index (χ4v) is 1.05. The fourth-order valence-electron chi connectivity index (χ4n) is 0.456. The van der Waals surface area contributed by atoms with Gasteiger partial charge in [-0.25, -0.2) is 0 Å². The summed E-state index contributed by atoms with van der Waals surface area (Å²) in [4.78, 5) is 12.6. The first-order valence-electron chi connectivity index (χ1n) is 5.01. The molecular weight excluding hydrogens is 208 g/mol. The number of rotatable bonds is 3. The third kappa shape index (κ3) is 4.46. The summed E-state index contributed by atoms with van der Waals surface area (Å²) in [6, 6.07) is 0. The minimum absolute atomic E-state index is 0.103. The van der Waals surface area contributed by atoms with Gasteiger partial charge in [-0.3, -0.25) is 4.79 Å². The standard InChI is InChI=1S/C10H22N2O2Si/c1-10(2,3)15(6,7)14-11-8-9(13)12(4)5/h8H,1-7H3/b11-8+. The number of hydrogen-bond acceptors (Lipinski definition) is 3. The average Bonchev–Trinajstić information content (AvgIpc) is 2.01. The highest BCUT2D eigenvalue weighted by atomic mass is 28.4. The lowest BCUT2D eigenvalue weighted by molar-refractivity contribution is -0.121. The van der Waals surface area contributed by atoms with Crippen LogP contribution in [0.25, 0.3) is 0 Å². The van der Waals surface area contributed by atoms with Crippen molar-refractivity contribution >= 4 is 20.4 Å². The van der Waals surface area contributed by atoms with E-state index in [1.165, 1.54) is 11.1 Å².